The van der Waals surface area contributed by atoms with Crippen LogP contribution < -0.4 is 10.6 Å². The van der Waals surface area contributed by atoms with Crippen LogP contribution in [0.2, 0.25) is 0 Å². The fraction of sp³-hybridized carbons (Fsp3) is 0.143. The van der Waals surface area contributed by atoms with Gasteiger partial charge in [-0.3, -0.25) is 9.59 Å². The Hall–Kier alpha value is -3.34. The van der Waals surface area contributed by atoms with Crippen LogP contribution in [-0.2, 0) is 9.59 Å². The van der Waals surface area contributed by atoms with Crippen LogP contribution >= 0.6 is 0 Å². The monoisotopic (exact) mass is 348 g/mol. The highest BCUT2D eigenvalue weighted by atomic mass is 16.3. The fourth-order valence-corrected chi connectivity index (χ4v) is 2.54. The predicted octanol–water partition coefficient (Wildman–Crippen LogP) is 3.44. The Kier molecular flexibility index (Phi) is 5.49. The van der Waals surface area contributed by atoms with Crippen molar-refractivity contribution in [2.24, 2.45) is 0 Å². The summed E-state index contributed by atoms with van der Waals surface area (Å²) >= 11 is 0. The molecule has 0 saturated carbocycles. The van der Waals surface area contributed by atoms with Crippen molar-refractivity contribution in [3.8, 4) is 0 Å². The van der Waals surface area contributed by atoms with E-state index in [2.05, 4.69) is 10.6 Å². The summed E-state index contributed by atoms with van der Waals surface area (Å²) in [5.74, 6) is 0.0784. The lowest BCUT2D eigenvalue weighted by molar-refractivity contribution is -0.124. The third-order valence-electron chi connectivity index (χ3n) is 3.90. The van der Waals surface area contributed by atoms with Crippen LogP contribution in [0.3, 0.4) is 0 Å². The molecule has 1 heterocycles. The van der Waals surface area contributed by atoms with Gasteiger partial charge in [-0.25, -0.2) is 0 Å². The molecule has 1 aromatic heterocycles. The molecule has 26 heavy (non-hydrogen) atoms. The SMILES string of the molecule is C[C@H](NC(=O)CNC(=O)/C=C/c1ccccc1)c1cc2ccccc2o1. The number of furan rings is 1. The minimum Gasteiger partial charge on any atom is -0.459 e. The first-order valence-electron chi connectivity index (χ1n) is 8.40. The van der Waals surface area contributed by atoms with Crippen molar-refractivity contribution < 1.29 is 14.0 Å². The lowest BCUT2D eigenvalue weighted by atomic mass is 10.2. The number of carbonyl (C=O) groups is 2. The van der Waals surface area contributed by atoms with Crippen molar-refractivity contribution in [3.63, 3.8) is 0 Å². The van der Waals surface area contributed by atoms with Crippen LogP contribution in [0.4, 0.5) is 0 Å². The Morgan fingerprint density at radius 1 is 1.08 bits per heavy atom. The largest absolute Gasteiger partial charge is 0.459 e. The van der Waals surface area contributed by atoms with E-state index in [1.807, 2.05) is 67.6 Å². The van der Waals surface area contributed by atoms with Crippen LogP contribution in [0.15, 0.2) is 71.2 Å². The van der Waals surface area contributed by atoms with Crippen molar-refractivity contribution in [1.82, 2.24) is 10.6 Å². The number of hydrogen-bond acceptors (Lipinski definition) is 3. The molecule has 0 spiro atoms. The Morgan fingerprint density at radius 2 is 1.81 bits per heavy atom. The van der Waals surface area contributed by atoms with Crippen LogP contribution in [0.1, 0.15) is 24.3 Å². The minimum absolute atomic E-state index is 0.0947. The Morgan fingerprint density at radius 3 is 2.58 bits per heavy atom. The molecule has 0 fully saturated rings. The van der Waals surface area contributed by atoms with Crippen LogP contribution in [0.5, 0.6) is 0 Å². The molecule has 0 bridgehead atoms. The summed E-state index contributed by atoms with van der Waals surface area (Å²) in [5.41, 5.74) is 1.70. The number of para-hydroxylation sites is 1. The summed E-state index contributed by atoms with van der Waals surface area (Å²) in [5, 5.41) is 6.37. The molecule has 0 aliphatic carbocycles. The molecule has 0 radical (unpaired) electrons. The van der Waals surface area contributed by atoms with Gasteiger partial charge >= 0.3 is 0 Å². The highest BCUT2D eigenvalue weighted by Gasteiger charge is 2.14. The van der Waals surface area contributed by atoms with Crippen LogP contribution in [-0.4, -0.2) is 18.4 Å². The van der Waals surface area contributed by atoms with E-state index in [0.29, 0.717) is 5.76 Å². The van der Waals surface area contributed by atoms with E-state index >= 15 is 0 Å². The molecule has 3 aromatic rings. The van der Waals surface area contributed by atoms with Gasteiger partial charge in [0.2, 0.25) is 11.8 Å². The topological polar surface area (TPSA) is 71.3 Å². The molecular weight excluding hydrogens is 328 g/mol. The van der Waals surface area contributed by atoms with E-state index in [9.17, 15) is 9.59 Å². The van der Waals surface area contributed by atoms with Gasteiger partial charge in [-0.2, -0.15) is 0 Å². The van der Waals surface area contributed by atoms with E-state index in [4.69, 9.17) is 4.42 Å². The van der Waals surface area contributed by atoms with Crippen LogP contribution in [0, 0.1) is 0 Å². The zero-order chi connectivity index (χ0) is 18.4. The van der Waals surface area contributed by atoms with Gasteiger partial charge in [0.15, 0.2) is 0 Å². The van der Waals surface area contributed by atoms with Gasteiger partial charge in [0.05, 0.1) is 12.6 Å². The number of hydrogen-bond donors (Lipinski definition) is 2. The molecule has 2 N–H and O–H groups in total. The van der Waals surface area contributed by atoms with E-state index in [-0.39, 0.29) is 24.4 Å². The van der Waals surface area contributed by atoms with Gasteiger partial charge in [-0.05, 0) is 30.7 Å². The van der Waals surface area contributed by atoms with Gasteiger partial charge in [-0.1, -0.05) is 48.5 Å². The number of carbonyl (C=O) groups excluding carboxylic acids is 2. The molecule has 3 rings (SSSR count). The van der Waals surface area contributed by atoms with E-state index < -0.39 is 0 Å². The average Bonchev–Trinajstić information content (AvgIpc) is 3.10. The summed E-state index contributed by atoms with van der Waals surface area (Å²) in [4.78, 5) is 23.8. The zero-order valence-corrected chi connectivity index (χ0v) is 14.4. The molecule has 2 aromatic carbocycles. The molecule has 132 valence electrons. The first-order valence-corrected chi connectivity index (χ1v) is 8.40. The quantitative estimate of drug-likeness (QED) is 0.670. The number of nitrogens with one attached hydrogen (secondary N) is 2. The van der Waals surface area contributed by atoms with Crippen molar-refractivity contribution in [2.75, 3.05) is 6.54 Å². The maximum absolute atomic E-state index is 12.0. The first-order chi connectivity index (χ1) is 12.6. The molecule has 2 amide bonds. The number of fused-ring (bicyclic) bond motifs is 1. The van der Waals surface area contributed by atoms with Crippen LogP contribution in [0.25, 0.3) is 17.0 Å². The maximum atomic E-state index is 12.0. The second kappa shape index (κ2) is 8.16. The van der Waals surface area contributed by atoms with E-state index in [1.54, 1.807) is 6.08 Å². The Bertz CT molecular complexity index is 896. The third-order valence-corrected chi connectivity index (χ3v) is 3.90. The predicted molar refractivity (Wildman–Crippen MR) is 101 cm³/mol. The molecule has 0 saturated heterocycles. The second-order valence-corrected chi connectivity index (χ2v) is 5.94. The molecular formula is C21H20N2O3. The summed E-state index contributed by atoms with van der Waals surface area (Å²) in [6, 6.07) is 18.8. The zero-order valence-electron chi connectivity index (χ0n) is 14.4. The van der Waals surface area contributed by atoms with Crippen molar-refractivity contribution in [2.45, 2.75) is 13.0 Å². The molecule has 5 heteroatoms. The Balaban J connectivity index is 1.49. The number of rotatable bonds is 6. The molecule has 0 aliphatic heterocycles. The van der Waals surface area contributed by atoms with Gasteiger partial charge in [-0.15, -0.1) is 0 Å². The lowest BCUT2D eigenvalue weighted by Gasteiger charge is -2.11. The fourth-order valence-electron chi connectivity index (χ4n) is 2.54. The Labute approximate surface area is 151 Å². The highest BCUT2D eigenvalue weighted by molar-refractivity contribution is 5.94. The van der Waals surface area contributed by atoms with Crippen molar-refractivity contribution >= 4 is 28.9 Å². The minimum atomic E-state index is -0.319. The summed E-state index contributed by atoms with van der Waals surface area (Å²) in [6.07, 6.45) is 3.11. The van der Waals surface area contributed by atoms with Gasteiger partial charge in [0.25, 0.3) is 0 Å². The summed E-state index contributed by atoms with van der Waals surface area (Å²) < 4.78 is 5.73. The summed E-state index contributed by atoms with van der Waals surface area (Å²) in [7, 11) is 0. The number of amides is 2. The molecule has 0 aliphatic rings. The maximum Gasteiger partial charge on any atom is 0.244 e. The standard InChI is InChI=1S/C21H20N2O3/c1-15(19-13-17-9-5-6-10-18(17)26-19)23-21(25)14-22-20(24)12-11-16-7-3-2-4-8-16/h2-13,15H,14H2,1H3,(H,22,24)(H,23,25)/b12-11+/t15-/m0/s1. The lowest BCUT2D eigenvalue weighted by Crippen LogP contribution is -2.37. The molecule has 0 unspecified atom stereocenters. The molecule has 5 nitrogen and oxygen atoms in total. The van der Waals surface area contributed by atoms with E-state index in [0.717, 1.165) is 16.5 Å². The first kappa shape index (κ1) is 17.5. The van der Waals surface area contributed by atoms with Gasteiger partial charge < -0.3 is 15.1 Å². The van der Waals surface area contributed by atoms with Crippen molar-refractivity contribution in [3.05, 3.63) is 78.1 Å². The van der Waals surface area contributed by atoms with E-state index in [1.165, 1.54) is 6.08 Å². The average molecular weight is 348 g/mol. The second-order valence-electron chi connectivity index (χ2n) is 5.94. The van der Waals surface area contributed by atoms with Crippen molar-refractivity contribution in [1.29, 1.82) is 0 Å². The smallest absolute Gasteiger partial charge is 0.244 e. The van der Waals surface area contributed by atoms with Gasteiger partial charge in [0.1, 0.15) is 11.3 Å². The molecule has 1 atom stereocenters. The number of benzene rings is 2. The third kappa shape index (κ3) is 4.60. The highest BCUT2D eigenvalue weighted by Crippen LogP contribution is 2.23. The normalized spacial score (nSPS) is 12.2. The summed E-state index contributed by atoms with van der Waals surface area (Å²) in [6.45, 7) is 1.75. The van der Waals surface area contributed by atoms with Gasteiger partial charge in [0, 0.05) is 11.5 Å².